The van der Waals surface area contributed by atoms with Gasteiger partial charge in [0.15, 0.2) is 0 Å². The molecule has 1 unspecified atom stereocenters. The summed E-state index contributed by atoms with van der Waals surface area (Å²) in [7, 11) is 0. The summed E-state index contributed by atoms with van der Waals surface area (Å²) < 4.78 is 0. The van der Waals surface area contributed by atoms with Crippen molar-refractivity contribution in [1.82, 2.24) is 5.32 Å². The molecule has 1 aliphatic heterocycles. The molecule has 0 aromatic rings. The Kier molecular flexibility index (Phi) is 1.34. The van der Waals surface area contributed by atoms with Gasteiger partial charge in [-0.3, -0.25) is 0 Å². The number of rotatable bonds is 2. The third kappa shape index (κ3) is 1.17. The van der Waals surface area contributed by atoms with Crippen LogP contribution in [0.3, 0.4) is 0 Å². The molecule has 1 atom stereocenters. The van der Waals surface area contributed by atoms with Crippen LogP contribution >= 0.6 is 0 Å². The van der Waals surface area contributed by atoms with Gasteiger partial charge in [0, 0.05) is 11.7 Å². The van der Waals surface area contributed by atoms with Gasteiger partial charge in [0.25, 0.3) is 0 Å². The maximum atomic E-state index is 3.65. The second-order valence-electron chi connectivity index (χ2n) is 4.29. The van der Waals surface area contributed by atoms with Crippen molar-refractivity contribution in [1.29, 1.82) is 0 Å². The second kappa shape index (κ2) is 2.38. The average molecular weight is 161 g/mol. The molecule has 3 rings (SSSR count). The van der Waals surface area contributed by atoms with E-state index in [0.29, 0.717) is 6.04 Å². The lowest BCUT2D eigenvalue weighted by Gasteiger charge is -2.21. The van der Waals surface area contributed by atoms with Crippen molar-refractivity contribution in [2.75, 3.05) is 0 Å². The molecule has 0 saturated heterocycles. The van der Waals surface area contributed by atoms with Crippen molar-refractivity contribution >= 4 is 0 Å². The Balaban J connectivity index is 1.71. The zero-order valence-corrected chi connectivity index (χ0v) is 7.29. The minimum atomic E-state index is 0.672. The van der Waals surface area contributed by atoms with E-state index in [9.17, 15) is 0 Å². The number of nitrogens with one attached hydrogen (secondary N) is 1. The Morgan fingerprint density at radius 1 is 1.17 bits per heavy atom. The van der Waals surface area contributed by atoms with E-state index in [2.05, 4.69) is 23.5 Å². The first kappa shape index (κ1) is 6.76. The minimum Gasteiger partial charge on any atom is -0.382 e. The average Bonchev–Trinajstić information content (AvgIpc) is 2.98. The number of hydrogen-bond donors (Lipinski definition) is 1. The van der Waals surface area contributed by atoms with Gasteiger partial charge in [0.2, 0.25) is 0 Å². The Labute approximate surface area is 73.5 Å². The van der Waals surface area contributed by atoms with Gasteiger partial charge in [-0.15, -0.1) is 0 Å². The molecule has 2 aliphatic carbocycles. The molecule has 12 heavy (non-hydrogen) atoms. The number of hydrogen-bond acceptors (Lipinski definition) is 1. The Morgan fingerprint density at radius 3 is 2.67 bits per heavy atom. The Hall–Kier alpha value is -0.720. The Morgan fingerprint density at radius 2 is 2.00 bits per heavy atom. The van der Waals surface area contributed by atoms with Crippen molar-refractivity contribution in [3.05, 3.63) is 23.9 Å². The summed E-state index contributed by atoms with van der Waals surface area (Å²) in [6.07, 6.45) is 12.5. The predicted molar refractivity (Wildman–Crippen MR) is 49.6 cm³/mol. The third-order valence-electron chi connectivity index (χ3n) is 3.07. The molecule has 0 radical (unpaired) electrons. The molecule has 1 heteroatoms. The lowest BCUT2D eigenvalue weighted by molar-refractivity contribution is 0.571. The molecule has 0 spiro atoms. The molecule has 2 fully saturated rings. The zero-order valence-electron chi connectivity index (χ0n) is 7.29. The van der Waals surface area contributed by atoms with Gasteiger partial charge in [-0.05, 0) is 43.6 Å². The molecule has 2 saturated carbocycles. The first-order chi connectivity index (χ1) is 5.93. The fourth-order valence-corrected chi connectivity index (χ4v) is 1.95. The highest BCUT2D eigenvalue weighted by atomic mass is 15.0. The van der Waals surface area contributed by atoms with E-state index in [1.165, 1.54) is 31.4 Å². The smallest absolute Gasteiger partial charge is 0.0472 e. The minimum absolute atomic E-state index is 0.672. The summed E-state index contributed by atoms with van der Waals surface area (Å²) in [5, 5.41) is 3.65. The van der Waals surface area contributed by atoms with E-state index < -0.39 is 0 Å². The molecule has 0 bridgehead atoms. The van der Waals surface area contributed by atoms with Crippen molar-refractivity contribution in [3.63, 3.8) is 0 Å². The summed E-state index contributed by atoms with van der Waals surface area (Å²) in [5.41, 5.74) is 1.51. The Bertz CT molecular complexity index is 244. The van der Waals surface area contributed by atoms with Gasteiger partial charge in [-0.1, -0.05) is 12.2 Å². The summed E-state index contributed by atoms with van der Waals surface area (Å²) in [5.74, 6) is 1.83. The van der Waals surface area contributed by atoms with Crippen LogP contribution in [0.25, 0.3) is 0 Å². The lowest BCUT2D eigenvalue weighted by Crippen LogP contribution is -2.31. The van der Waals surface area contributed by atoms with E-state index in [-0.39, 0.29) is 0 Å². The summed E-state index contributed by atoms with van der Waals surface area (Å²) >= 11 is 0. The standard InChI is InChI=1S/C11H15N/c1-2-10(8-4-5-8)12-11(3-1)9-6-7-9/h1-3,8-10,12H,4-7H2. The van der Waals surface area contributed by atoms with Gasteiger partial charge >= 0.3 is 0 Å². The maximum Gasteiger partial charge on any atom is 0.0472 e. The van der Waals surface area contributed by atoms with E-state index in [1.807, 2.05) is 0 Å². The largest absolute Gasteiger partial charge is 0.382 e. The first-order valence-corrected chi connectivity index (χ1v) is 5.08. The first-order valence-electron chi connectivity index (χ1n) is 5.08. The molecular formula is C11H15N. The predicted octanol–water partition coefficient (Wildman–Crippen LogP) is 2.22. The SMILES string of the molecule is C1=CC(C2CC2)NC(C2CC2)=C1. The normalized spacial score (nSPS) is 34.3. The maximum absolute atomic E-state index is 3.65. The van der Waals surface area contributed by atoms with Crippen LogP contribution in [0.15, 0.2) is 23.9 Å². The van der Waals surface area contributed by atoms with Crippen LogP contribution in [0.1, 0.15) is 25.7 Å². The van der Waals surface area contributed by atoms with E-state index in [1.54, 1.807) is 0 Å². The highest BCUT2D eigenvalue weighted by Crippen LogP contribution is 2.39. The van der Waals surface area contributed by atoms with Gasteiger partial charge < -0.3 is 5.32 Å². The highest BCUT2D eigenvalue weighted by Gasteiger charge is 2.34. The third-order valence-corrected chi connectivity index (χ3v) is 3.07. The molecule has 1 heterocycles. The molecule has 0 aromatic carbocycles. The van der Waals surface area contributed by atoms with E-state index in [4.69, 9.17) is 0 Å². The zero-order chi connectivity index (χ0) is 7.97. The molecule has 1 N–H and O–H groups in total. The highest BCUT2D eigenvalue weighted by molar-refractivity contribution is 5.25. The van der Waals surface area contributed by atoms with E-state index in [0.717, 1.165) is 11.8 Å². The monoisotopic (exact) mass is 161 g/mol. The number of allylic oxidation sites excluding steroid dienone is 3. The fourth-order valence-electron chi connectivity index (χ4n) is 1.95. The van der Waals surface area contributed by atoms with Crippen LogP contribution in [-0.2, 0) is 0 Å². The van der Waals surface area contributed by atoms with E-state index >= 15 is 0 Å². The molecule has 64 valence electrons. The van der Waals surface area contributed by atoms with Crippen molar-refractivity contribution in [2.24, 2.45) is 11.8 Å². The van der Waals surface area contributed by atoms with Gasteiger partial charge in [-0.25, -0.2) is 0 Å². The molecule has 1 nitrogen and oxygen atoms in total. The van der Waals surface area contributed by atoms with Crippen LogP contribution in [0, 0.1) is 11.8 Å². The lowest BCUT2D eigenvalue weighted by atomic mass is 10.1. The molecular weight excluding hydrogens is 146 g/mol. The van der Waals surface area contributed by atoms with Crippen molar-refractivity contribution in [2.45, 2.75) is 31.7 Å². The van der Waals surface area contributed by atoms with Crippen LogP contribution in [0.4, 0.5) is 0 Å². The number of dihydropyridines is 1. The van der Waals surface area contributed by atoms with Crippen molar-refractivity contribution in [3.8, 4) is 0 Å². The molecule has 0 amide bonds. The fraction of sp³-hybridized carbons (Fsp3) is 0.636. The van der Waals surface area contributed by atoms with Crippen molar-refractivity contribution < 1.29 is 0 Å². The van der Waals surface area contributed by atoms with Crippen LogP contribution < -0.4 is 5.32 Å². The van der Waals surface area contributed by atoms with Crippen LogP contribution in [0.2, 0.25) is 0 Å². The molecule has 0 aromatic heterocycles. The molecule has 3 aliphatic rings. The van der Waals surface area contributed by atoms with Gasteiger partial charge in [-0.2, -0.15) is 0 Å². The quantitative estimate of drug-likeness (QED) is 0.654. The van der Waals surface area contributed by atoms with Gasteiger partial charge in [0.1, 0.15) is 0 Å². The summed E-state index contributed by atoms with van der Waals surface area (Å²) in [6.45, 7) is 0. The van der Waals surface area contributed by atoms with Gasteiger partial charge in [0.05, 0.1) is 0 Å². The van der Waals surface area contributed by atoms with Crippen LogP contribution in [0.5, 0.6) is 0 Å². The second-order valence-corrected chi connectivity index (χ2v) is 4.29. The topological polar surface area (TPSA) is 12.0 Å². The summed E-state index contributed by atoms with van der Waals surface area (Å²) in [6, 6.07) is 0.672. The summed E-state index contributed by atoms with van der Waals surface area (Å²) in [4.78, 5) is 0. The van der Waals surface area contributed by atoms with Crippen LogP contribution in [-0.4, -0.2) is 6.04 Å².